The van der Waals surface area contributed by atoms with Crippen molar-refractivity contribution in [3.63, 3.8) is 0 Å². The Balaban J connectivity index is 1.61. The summed E-state index contributed by atoms with van der Waals surface area (Å²) in [5.41, 5.74) is 0. The van der Waals surface area contributed by atoms with Crippen LogP contribution in [-0.2, 0) is 6.54 Å². The van der Waals surface area contributed by atoms with Gasteiger partial charge in [0.1, 0.15) is 0 Å². The molecule has 2 rings (SSSR count). The van der Waals surface area contributed by atoms with Gasteiger partial charge in [-0.1, -0.05) is 29.8 Å². The van der Waals surface area contributed by atoms with E-state index in [-0.39, 0.29) is 0 Å². The second kappa shape index (κ2) is 7.07. The SMILES string of the molecule is Clc1csc(CNCCSc2ccccc2)c1. The molecule has 4 heteroatoms. The summed E-state index contributed by atoms with van der Waals surface area (Å²) < 4.78 is 0. The molecule has 0 radical (unpaired) electrons. The Morgan fingerprint density at radius 1 is 1.24 bits per heavy atom. The Morgan fingerprint density at radius 3 is 2.76 bits per heavy atom. The van der Waals surface area contributed by atoms with Crippen molar-refractivity contribution >= 4 is 34.7 Å². The fourth-order valence-corrected chi connectivity index (χ4v) is 3.29. The molecule has 0 saturated heterocycles. The Bertz CT molecular complexity index is 442. The van der Waals surface area contributed by atoms with E-state index in [1.807, 2.05) is 29.3 Å². The van der Waals surface area contributed by atoms with E-state index in [0.717, 1.165) is 23.9 Å². The zero-order chi connectivity index (χ0) is 11.9. The number of thiophene rings is 1. The van der Waals surface area contributed by atoms with Gasteiger partial charge >= 0.3 is 0 Å². The lowest BCUT2D eigenvalue weighted by Crippen LogP contribution is -2.15. The molecule has 0 aliphatic rings. The van der Waals surface area contributed by atoms with Crippen LogP contribution in [0.5, 0.6) is 0 Å². The number of benzene rings is 1. The standard InChI is InChI=1S/C13H14ClNS2/c14-11-8-13(17-10-11)9-15-6-7-16-12-4-2-1-3-5-12/h1-5,8,10,15H,6-7,9H2. The van der Waals surface area contributed by atoms with Crippen LogP contribution in [0, 0.1) is 0 Å². The molecule has 0 atom stereocenters. The summed E-state index contributed by atoms with van der Waals surface area (Å²) in [5.74, 6) is 1.09. The summed E-state index contributed by atoms with van der Waals surface area (Å²) in [7, 11) is 0. The van der Waals surface area contributed by atoms with E-state index in [4.69, 9.17) is 11.6 Å². The third-order valence-corrected chi connectivity index (χ3v) is 4.51. The van der Waals surface area contributed by atoms with Crippen molar-refractivity contribution in [2.75, 3.05) is 12.3 Å². The molecule has 1 aromatic heterocycles. The maximum Gasteiger partial charge on any atom is 0.0516 e. The first-order chi connectivity index (χ1) is 8.34. The van der Waals surface area contributed by atoms with E-state index in [2.05, 4.69) is 29.6 Å². The van der Waals surface area contributed by atoms with Gasteiger partial charge in [0.15, 0.2) is 0 Å². The second-order valence-corrected chi connectivity index (χ2v) is 6.17. The van der Waals surface area contributed by atoms with Gasteiger partial charge in [-0.3, -0.25) is 0 Å². The first-order valence-electron chi connectivity index (χ1n) is 5.46. The quantitative estimate of drug-likeness (QED) is 0.627. The lowest BCUT2D eigenvalue weighted by molar-refractivity contribution is 0.741. The van der Waals surface area contributed by atoms with Crippen molar-refractivity contribution in [3.05, 3.63) is 51.7 Å². The third kappa shape index (κ3) is 4.72. The van der Waals surface area contributed by atoms with Crippen LogP contribution in [0.4, 0.5) is 0 Å². The topological polar surface area (TPSA) is 12.0 Å². The van der Waals surface area contributed by atoms with Crippen LogP contribution >= 0.6 is 34.7 Å². The molecule has 0 spiro atoms. The third-order valence-electron chi connectivity index (χ3n) is 2.21. The highest BCUT2D eigenvalue weighted by molar-refractivity contribution is 7.99. The van der Waals surface area contributed by atoms with Gasteiger partial charge in [-0.25, -0.2) is 0 Å². The van der Waals surface area contributed by atoms with E-state index in [0.29, 0.717) is 0 Å². The van der Waals surface area contributed by atoms with Crippen molar-refractivity contribution in [2.45, 2.75) is 11.4 Å². The van der Waals surface area contributed by atoms with Crippen LogP contribution in [0.1, 0.15) is 4.88 Å². The Morgan fingerprint density at radius 2 is 2.06 bits per heavy atom. The van der Waals surface area contributed by atoms with Gasteiger partial charge in [0.25, 0.3) is 0 Å². The minimum Gasteiger partial charge on any atom is -0.311 e. The normalized spacial score (nSPS) is 10.6. The molecule has 2 aromatic rings. The fourth-order valence-electron chi connectivity index (χ4n) is 1.42. The molecule has 0 fully saturated rings. The van der Waals surface area contributed by atoms with Crippen LogP contribution in [0.15, 0.2) is 46.7 Å². The smallest absolute Gasteiger partial charge is 0.0516 e. The van der Waals surface area contributed by atoms with E-state index >= 15 is 0 Å². The molecule has 0 aliphatic carbocycles. The second-order valence-electron chi connectivity index (χ2n) is 3.57. The number of thioether (sulfide) groups is 1. The van der Waals surface area contributed by atoms with E-state index in [1.165, 1.54) is 9.77 Å². The highest BCUT2D eigenvalue weighted by Crippen LogP contribution is 2.19. The van der Waals surface area contributed by atoms with Crippen LogP contribution < -0.4 is 5.32 Å². The number of halogens is 1. The van der Waals surface area contributed by atoms with Crippen molar-refractivity contribution in [2.24, 2.45) is 0 Å². The summed E-state index contributed by atoms with van der Waals surface area (Å²) in [5, 5.41) is 6.22. The Hall–Kier alpha value is -0.480. The number of hydrogen-bond donors (Lipinski definition) is 1. The predicted molar refractivity (Wildman–Crippen MR) is 78.2 cm³/mol. The summed E-state index contributed by atoms with van der Waals surface area (Å²) in [4.78, 5) is 2.62. The van der Waals surface area contributed by atoms with E-state index < -0.39 is 0 Å². The summed E-state index contributed by atoms with van der Waals surface area (Å²) >= 11 is 9.44. The highest BCUT2D eigenvalue weighted by atomic mass is 35.5. The van der Waals surface area contributed by atoms with E-state index in [9.17, 15) is 0 Å². The molecule has 1 heterocycles. The Labute approximate surface area is 115 Å². The highest BCUT2D eigenvalue weighted by Gasteiger charge is 1.97. The average molecular weight is 284 g/mol. The van der Waals surface area contributed by atoms with Crippen molar-refractivity contribution in [3.8, 4) is 0 Å². The van der Waals surface area contributed by atoms with Gasteiger partial charge in [-0.05, 0) is 18.2 Å². The molecular formula is C13H14ClNS2. The minimum atomic E-state index is 0.838. The van der Waals surface area contributed by atoms with Gasteiger partial charge in [0, 0.05) is 34.0 Å². The lowest BCUT2D eigenvalue weighted by Gasteiger charge is -2.03. The van der Waals surface area contributed by atoms with E-state index in [1.54, 1.807) is 11.3 Å². The van der Waals surface area contributed by atoms with Crippen LogP contribution in [0.3, 0.4) is 0 Å². The zero-order valence-corrected chi connectivity index (χ0v) is 11.7. The first kappa shape index (κ1) is 13.0. The molecular weight excluding hydrogens is 270 g/mol. The summed E-state index contributed by atoms with van der Waals surface area (Å²) in [6, 6.07) is 12.5. The monoisotopic (exact) mass is 283 g/mol. The molecule has 0 bridgehead atoms. The zero-order valence-electron chi connectivity index (χ0n) is 9.36. The molecule has 17 heavy (non-hydrogen) atoms. The number of nitrogens with one attached hydrogen (secondary N) is 1. The maximum atomic E-state index is 5.86. The molecule has 0 amide bonds. The average Bonchev–Trinajstić information content (AvgIpc) is 2.76. The van der Waals surface area contributed by atoms with Gasteiger partial charge in [-0.15, -0.1) is 23.1 Å². The molecule has 90 valence electrons. The maximum absolute atomic E-state index is 5.86. The fraction of sp³-hybridized carbons (Fsp3) is 0.231. The molecule has 0 saturated carbocycles. The van der Waals surface area contributed by atoms with Crippen molar-refractivity contribution < 1.29 is 0 Å². The minimum absolute atomic E-state index is 0.838. The lowest BCUT2D eigenvalue weighted by atomic mass is 10.4. The molecule has 1 N–H and O–H groups in total. The Kier molecular flexibility index (Phi) is 5.39. The van der Waals surface area contributed by atoms with Crippen LogP contribution in [0.2, 0.25) is 5.02 Å². The van der Waals surface area contributed by atoms with Gasteiger partial charge in [0.2, 0.25) is 0 Å². The van der Waals surface area contributed by atoms with Gasteiger partial charge < -0.3 is 5.32 Å². The molecule has 1 aromatic carbocycles. The van der Waals surface area contributed by atoms with Crippen molar-refractivity contribution in [1.29, 1.82) is 0 Å². The summed E-state index contributed by atoms with van der Waals surface area (Å²) in [6.07, 6.45) is 0. The largest absolute Gasteiger partial charge is 0.311 e. The summed E-state index contributed by atoms with van der Waals surface area (Å²) in [6.45, 7) is 1.92. The molecule has 0 aliphatic heterocycles. The van der Waals surface area contributed by atoms with Gasteiger partial charge in [0.05, 0.1) is 5.02 Å². The molecule has 1 nitrogen and oxygen atoms in total. The predicted octanol–water partition coefficient (Wildman–Crippen LogP) is 4.28. The first-order valence-corrected chi connectivity index (χ1v) is 7.70. The number of hydrogen-bond acceptors (Lipinski definition) is 3. The van der Waals surface area contributed by atoms with Crippen LogP contribution in [0.25, 0.3) is 0 Å². The van der Waals surface area contributed by atoms with Crippen molar-refractivity contribution in [1.82, 2.24) is 5.32 Å². The molecule has 0 unspecified atom stereocenters. The van der Waals surface area contributed by atoms with Gasteiger partial charge in [-0.2, -0.15) is 0 Å². The number of rotatable bonds is 6. The van der Waals surface area contributed by atoms with Crippen LogP contribution in [-0.4, -0.2) is 12.3 Å².